The van der Waals surface area contributed by atoms with Crippen LogP contribution in [-0.2, 0) is 12.2 Å². The van der Waals surface area contributed by atoms with Crippen LogP contribution >= 0.6 is 0 Å². The molecule has 2 N–H and O–H groups in total. The molecule has 0 spiro atoms. The van der Waals surface area contributed by atoms with E-state index in [0.29, 0.717) is 52.7 Å². The predicted octanol–water partition coefficient (Wildman–Crippen LogP) is 5.83. The van der Waals surface area contributed by atoms with Crippen molar-refractivity contribution in [3.63, 3.8) is 0 Å². The van der Waals surface area contributed by atoms with Crippen LogP contribution in [0.2, 0.25) is 0 Å². The quantitative estimate of drug-likeness (QED) is 0.293. The molecule has 0 saturated heterocycles. The molecule has 3 aromatic heterocycles. The number of H-pyrrole nitrogens is 1. The third-order valence-electron chi connectivity index (χ3n) is 8.79. The van der Waals surface area contributed by atoms with Gasteiger partial charge in [-0.1, -0.05) is 61.7 Å². The highest BCUT2D eigenvalue weighted by Gasteiger charge is 2.37. The Morgan fingerprint density at radius 2 is 1.87 bits per heavy atom. The number of halogens is 1. The number of fused-ring (bicyclic) bond motifs is 1. The van der Waals surface area contributed by atoms with Crippen molar-refractivity contribution in [2.45, 2.75) is 84.0 Å². The molecule has 2 fully saturated rings. The lowest BCUT2D eigenvalue weighted by molar-refractivity contribution is 0.214. The second-order valence-corrected chi connectivity index (χ2v) is 11.7. The predicted molar refractivity (Wildman–Crippen MR) is 147 cm³/mol. The van der Waals surface area contributed by atoms with Gasteiger partial charge in [-0.2, -0.15) is 0 Å². The van der Waals surface area contributed by atoms with Crippen LogP contribution in [0.4, 0.5) is 10.2 Å². The Hall–Kier alpha value is -3.56. The Balaban J connectivity index is 1.53. The highest BCUT2D eigenvalue weighted by atomic mass is 19.1. The van der Waals surface area contributed by atoms with Crippen molar-refractivity contribution in [2.75, 3.05) is 5.32 Å². The molecule has 4 aromatic rings. The number of hydrogen-bond acceptors (Lipinski definition) is 7. The van der Waals surface area contributed by atoms with E-state index in [1.165, 1.54) is 19.3 Å². The topological polar surface area (TPSA) is 115 Å². The van der Waals surface area contributed by atoms with Crippen LogP contribution in [0.15, 0.2) is 39.6 Å². The minimum atomic E-state index is -1.86. The Bertz CT molecular complexity index is 1500. The first-order valence-corrected chi connectivity index (χ1v) is 14.2. The van der Waals surface area contributed by atoms with Gasteiger partial charge in [0.25, 0.3) is 0 Å². The fraction of sp³-hybridized carbons (Fsp3) is 0.552. The lowest BCUT2D eigenvalue weighted by Gasteiger charge is -2.32. The van der Waals surface area contributed by atoms with E-state index in [9.17, 15) is 4.79 Å². The van der Waals surface area contributed by atoms with Gasteiger partial charge in [0.2, 0.25) is 11.6 Å². The highest BCUT2D eigenvalue weighted by molar-refractivity contribution is 5.86. The molecular weight excluding hydrogens is 497 g/mol. The summed E-state index contributed by atoms with van der Waals surface area (Å²) in [5.74, 6) is 2.15. The molecule has 2 aliphatic carbocycles. The van der Waals surface area contributed by atoms with Crippen LogP contribution in [0.1, 0.15) is 77.1 Å². The van der Waals surface area contributed by atoms with Gasteiger partial charge in [0.05, 0.1) is 0 Å². The number of nitrogens with zero attached hydrogens (tertiary/aromatic N) is 5. The molecule has 2 saturated carbocycles. The zero-order chi connectivity index (χ0) is 27.1. The van der Waals surface area contributed by atoms with Crippen LogP contribution in [0.5, 0.6) is 0 Å². The van der Waals surface area contributed by atoms with Gasteiger partial charge in [0.1, 0.15) is 5.52 Å². The second kappa shape index (κ2) is 10.2. The molecule has 3 heterocycles. The minimum Gasteiger partial charge on any atom is -0.365 e. The van der Waals surface area contributed by atoms with Crippen molar-refractivity contribution >= 4 is 17.0 Å². The van der Waals surface area contributed by atoms with Gasteiger partial charge in [-0.25, -0.2) is 24.1 Å². The summed E-state index contributed by atoms with van der Waals surface area (Å²) in [6.45, 7) is 6.66. The molecule has 2 aliphatic rings. The monoisotopic (exact) mass is 533 g/mol. The zero-order valence-electron chi connectivity index (χ0n) is 22.8. The normalized spacial score (nSPS) is 22.4. The Labute approximate surface area is 226 Å². The molecule has 10 heteroatoms. The van der Waals surface area contributed by atoms with Crippen molar-refractivity contribution < 1.29 is 8.91 Å². The van der Waals surface area contributed by atoms with Crippen LogP contribution in [0.25, 0.3) is 22.8 Å². The standard InChI is InChI=1S/C29H36FN7O2/c1-17-12-14-19(15-13-17)16-37-22-23(31-18(2)20-8-7-9-20)32-25(26-35-28(38)39-36-26)33-24(22)34-27(37)29(3,30)21-10-5-4-6-11-21/h4-6,10-11,17-20H,7-9,12-16H2,1-3H3,(H,31,32,33)(H,35,36,38)/t17?,18-,19?,29?/m1/s1. The number of hydrogen-bond donors (Lipinski definition) is 2. The summed E-state index contributed by atoms with van der Waals surface area (Å²) in [7, 11) is 0. The number of rotatable bonds is 8. The summed E-state index contributed by atoms with van der Waals surface area (Å²) in [6.07, 6.45) is 8.06. The number of alkyl halides is 1. The molecule has 0 amide bonds. The van der Waals surface area contributed by atoms with E-state index in [1.807, 2.05) is 22.8 Å². The lowest BCUT2D eigenvalue weighted by Crippen LogP contribution is -2.31. The van der Waals surface area contributed by atoms with Gasteiger partial charge in [0.15, 0.2) is 23.0 Å². The van der Waals surface area contributed by atoms with Gasteiger partial charge in [0, 0.05) is 12.6 Å². The van der Waals surface area contributed by atoms with Gasteiger partial charge >= 0.3 is 5.76 Å². The smallest absolute Gasteiger partial charge is 0.365 e. The number of aromatic amines is 1. The summed E-state index contributed by atoms with van der Waals surface area (Å²) in [5, 5.41) is 7.41. The van der Waals surface area contributed by atoms with Crippen molar-refractivity contribution in [1.29, 1.82) is 0 Å². The largest absolute Gasteiger partial charge is 0.439 e. The molecule has 2 atom stereocenters. The third kappa shape index (κ3) is 4.96. The fourth-order valence-electron chi connectivity index (χ4n) is 6.03. The molecule has 0 bridgehead atoms. The van der Waals surface area contributed by atoms with Gasteiger partial charge in [-0.15, -0.1) is 0 Å². The Morgan fingerprint density at radius 3 is 2.51 bits per heavy atom. The first-order valence-electron chi connectivity index (χ1n) is 14.2. The molecule has 1 unspecified atom stereocenters. The van der Waals surface area contributed by atoms with E-state index < -0.39 is 11.4 Å². The number of benzene rings is 1. The summed E-state index contributed by atoms with van der Waals surface area (Å²) in [6, 6.07) is 9.31. The molecule has 0 aliphatic heterocycles. The molecule has 9 nitrogen and oxygen atoms in total. The Kier molecular flexibility index (Phi) is 6.72. The zero-order valence-corrected chi connectivity index (χ0v) is 22.8. The summed E-state index contributed by atoms with van der Waals surface area (Å²) < 4.78 is 23.6. The van der Waals surface area contributed by atoms with Crippen molar-refractivity contribution in [2.24, 2.45) is 17.8 Å². The van der Waals surface area contributed by atoms with E-state index in [2.05, 4.69) is 34.3 Å². The number of anilines is 1. The van der Waals surface area contributed by atoms with Gasteiger partial charge in [-0.05, 0) is 62.8 Å². The maximum Gasteiger partial charge on any atom is 0.439 e. The van der Waals surface area contributed by atoms with E-state index >= 15 is 4.39 Å². The van der Waals surface area contributed by atoms with E-state index in [1.54, 1.807) is 19.1 Å². The van der Waals surface area contributed by atoms with Crippen molar-refractivity contribution in [3.05, 3.63) is 52.3 Å². The molecular formula is C29H36FN7O2. The van der Waals surface area contributed by atoms with E-state index in [0.717, 1.165) is 25.7 Å². The van der Waals surface area contributed by atoms with Crippen molar-refractivity contribution in [3.8, 4) is 11.6 Å². The summed E-state index contributed by atoms with van der Waals surface area (Å²) in [4.78, 5) is 28.5. The average Bonchev–Trinajstić information content (AvgIpc) is 3.49. The van der Waals surface area contributed by atoms with Crippen LogP contribution < -0.4 is 11.1 Å². The Morgan fingerprint density at radius 1 is 1.13 bits per heavy atom. The maximum atomic E-state index is 16.9. The van der Waals surface area contributed by atoms with Crippen molar-refractivity contribution in [1.82, 2.24) is 29.7 Å². The molecule has 6 rings (SSSR count). The first-order chi connectivity index (χ1) is 18.8. The van der Waals surface area contributed by atoms with Crippen LogP contribution in [0, 0.1) is 17.8 Å². The maximum absolute atomic E-state index is 16.9. The third-order valence-corrected chi connectivity index (χ3v) is 8.79. The number of aromatic nitrogens is 6. The fourth-order valence-corrected chi connectivity index (χ4v) is 6.03. The number of imidazole rings is 1. The summed E-state index contributed by atoms with van der Waals surface area (Å²) in [5.41, 5.74) is -0.274. The number of nitrogens with one attached hydrogen (secondary N) is 2. The summed E-state index contributed by atoms with van der Waals surface area (Å²) >= 11 is 0. The lowest BCUT2D eigenvalue weighted by atomic mass is 9.80. The second-order valence-electron chi connectivity index (χ2n) is 11.7. The molecule has 0 radical (unpaired) electrons. The van der Waals surface area contributed by atoms with Crippen LogP contribution in [-0.4, -0.2) is 35.7 Å². The first kappa shape index (κ1) is 25.7. The van der Waals surface area contributed by atoms with Crippen LogP contribution in [0.3, 0.4) is 0 Å². The van der Waals surface area contributed by atoms with E-state index in [-0.39, 0.29) is 17.7 Å². The van der Waals surface area contributed by atoms with E-state index in [4.69, 9.17) is 14.5 Å². The minimum absolute atomic E-state index is 0.115. The average molecular weight is 534 g/mol. The highest BCUT2D eigenvalue weighted by Crippen LogP contribution is 2.39. The van der Waals surface area contributed by atoms with Gasteiger partial charge in [-0.3, -0.25) is 9.51 Å². The van der Waals surface area contributed by atoms with Gasteiger partial charge < -0.3 is 9.88 Å². The molecule has 1 aromatic carbocycles. The molecule has 39 heavy (non-hydrogen) atoms. The molecule has 206 valence electrons. The SMILES string of the molecule is CC1CCC(Cn2c(C(C)(F)c3ccccc3)nc3nc(-c4noc(=O)[nH]4)nc(N[C@H](C)C4CCC4)c32)CC1.